The lowest BCUT2D eigenvalue weighted by Gasteiger charge is -2.37. The molecular formula is C20H30N2O3S. The third kappa shape index (κ3) is 5.42. The monoisotopic (exact) mass is 378 g/mol. The van der Waals surface area contributed by atoms with Gasteiger partial charge in [0.15, 0.2) is 0 Å². The third-order valence-corrected chi connectivity index (χ3v) is 6.67. The lowest BCUT2D eigenvalue weighted by Crippen LogP contribution is -2.45. The molecule has 0 bridgehead atoms. The van der Waals surface area contributed by atoms with Crippen LogP contribution < -0.4 is 10.0 Å². The first-order chi connectivity index (χ1) is 12.2. The molecule has 3 unspecified atom stereocenters. The molecule has 26 heavy (non-hydrogen) atoms. The first kappa shape index (κ1) is 20.6. The SMILES string of the molecule is CNS(=O)(=O)c1ccc(C=CC(=O)NC2CC(C)CCC2C(C)C)cc1. The minimum atomic E-state index is -3.44. The van der Waals surface area contributed by atoms with Crippen LogP contribution in [0.4, 0.5) is 0 Å². The predicted molar refractivity (Wildman–Crippen MR) is 105 cm³/mol. The fraction of sp³-hybridized carbons (Fsp3) is 0.550. The molecule has 0 aromatic heterocycles. The van der Waals surface area contributed by atoms with E-state index in [-0.39, 0.29) is 16.8 Å². The smallest absolute Gasteiger partial charge is 0.244 e. The summed E-state index contributed by atoms with van der Waals surface area (Å²) >= 11 is 0. The second-order valence-corrected chi connectivity index (χ2v) is 9.44. The number of sulfonamides is 1. The van der Waals surface area contributed by atoms with E-state index in [2.05, 4.69) is 30.8 Å². The molecule has 0 radical (unpaired) electrons. The lowest BCUT2D eigenvalue weighted by molar-refractivity contribution is -0.118. The number of carbonyl (C=O) groups excluding carboxylic acids is 1. The van der Waals surface area contributed by atoms with Crippen LogP contribution in [0.5, 0.6) is 0 Å². The summed E-state index contributed by atoms with van der Waals surface area (Å²) < 4.78 is 25.7. The van der Waals surface area contributed by atoms with Crippen molar-refractivity contribution >= 4 is 22.0 Å². The molecule has 1 aromatic carbocycles. The summed E-state index contributed by atoms with van der Waals surface area (Å²) in [6.07, 6.45) is 6.65. The molecule has 1 fully saturated rings. The van der Waals surface area contributed by atoms with Gasteiger partial charge >= 0.3 is 0 Å². The quantitative estimate of drug-likeness (QED) is 0.747. The molecule has 0 heterocycles. The molecule has 0 aliphatic heterocycles. The second kappa shape index (κ2) is 8.82. The van der Waals surface area contributed by atoms with Crippen molar-refractivity contribution in [3.63, 3.8) is 0 Å². The van der Waals surface area contributed by atoms with Crippen LogP contribution in [-0.2, 0) is 14.8 Å². The van der Waals surface area contributed by atoms with Crippen LogP contribution >= 0.6 is 0 Å². The third-order valence-electron chi connectivity index (χ3n) is 5.24. The van der Waals surface area contributed by atoms with Gasteiger partial charge in [0.2, 0.25) is 15.9 Å². The molecular weight excluding hydrogens is 348 g/mol. The highest BCUT2D eigenvalue weighted by molar-refractivity contribution is 7.89. The Bertz CT molecular complexity index is 739. The molecule has 1 saturated carbocycles. The van der Waals surface area contributed by atoms with Crippen LogP contribution in [0.25, 0.3) is 6.08 Å². The van der Waals surface area contributed by atoms with Crippen molar-refractivity contribution in [3.05, 3.63) is 35.9 Å². The van der Waals surface area contributed by atoms with Crippen LogP contribution in [0, 0.1) is 17.8 Å². The van der Waals surface area contributed by atoms with E-state index in [0.717, 1.165) is 18.4 Å². The lowest BCUT2D eigenvalue weighted by atomic mass is 9.74. The molecule has 0 saturated heterocycles. The summed E-state index contributed by atoms with van der Waals surface area (Å²) in [5.41, 5.74) is 0.785. The zero-order valence-corrected chi connectivity index (χ0v) is 16.8. The van der Waals surface area contributed by atoms with Gasteiger partial charge in [0.05, 0.1) is 4.90 Å². The Morgan fingerprint density at radius 3 is 2.42 bits per heavy atom. The van der Waals surface area contributed by atoms with E-state index in [4.69, 9.17) is 0 Å². The van der Waals surface area contributed by atoms with Gasteiger partial charge in [-0.2, -0.15) is 0 Å². The summed E-state index contributed by atoms with van der Waals surface area (Å²) in [4.78, 5) is 12.5. The van der Waals surface area contributed by atoms with Crippen molar-refractivity contribution in [1.29, 1.82) is 0 Å². The van der Waals surface area contributed by atoms with E-state index in [1.54, 1.807) is 18.2 Å². The summed E-state index contributed by atoms with van der Waals surface area (Å²) in [6, 6.07) is 6.66. The average molecular weight is 379 g/mol. The first-order valence-corrected chi connectivity index (χ1v) is 10.7. The molecule has 0 spiro atoms. The Morgan fingerprint density at radius 2 is 1.85 bits per heavy atom. The van der Waals surface area contributed by atoms with Crippen LogP contribution in [0.1, 0.15) is 45.6 Å². The van der Waals surface area contributed by atoms with Crippen LogP contribution in [0.2, 0.25) is 0 Å². The Hall–Kier alpha value is -1.66. The molecule has 144 valence electrons. The van der Waals surface area contributed by atoms with Crippen LogP contribution in [-0.4, -0.2) is 27.4 Å². The van der Waals surface area contributed by atoms with E-state index >= 15 is 0 Å². The summed E-state index contributed by atoms with van der Waals surface area (Å²) in [5, 5.41) is 3.16. The molecule has 2 rings (SSSR count). The molecule has 2 N–H and O–H groups in total. The van der Waals surface area contributed by atoms with Gasteiger partial charge in [0.1, 0.15) is 0 Å². The van der Waals surface area contributed by atoms with Crippen molar-refractivity contribution in [2.45, 2.75) is 51.0 Å². The largest absolute Gasteiger partial charge is 0.350 e. The highest BCUT2D eigenvalue weighted by Gasteiger charge is 2.31. The highest BCUT2D eigenvalue weighted by Crippen LogP contribution is 2.33. The molecule has 1 aromatic rings. The summed E-state index contributed by atoms with van der Waals surface area (Å²) in [7, 11) is -2.06. The normalized spacial score (nSPS) is 24.1. The Labute approximate surface area is 157 Å². The van der Waals surface area contributed by atoms with Crippen molar-refractivity contribution < 1.29 is 13.2 Å². The van der Waals surface area contributed by atoms with Crippen molar-refractivity contribution in [2.24, 2.45) is 17.8 Å². The molecule has 1 aliphatic rings. The first-order valence-electron chi connectivity index (χ1n) is 9.25. The average Bonchev–Trinajstić information content (AvgIpc) is 2.60. The topological polar surface area (TPSA) is 75.3 Å². The fourth-order valence-corrected chi connectivity index (χ4v) is 4.38. The Kier molecular flexibility index (Phi) is 7.01. The predicted octanol–water partition coefficient (Wildman–Crippen LogP) is 3.18. The van der Waals surface area contributed by atoms with Crippen LogP contribution in [0.3, 0.4) is 0 Å². The number of carbonyl (C=O) groups is 1. The number of hydrogen-bond acceptors (Lipinski definition) is 3. The maximum atomic E-state index is 12.3. The maximum absolute atomic E-state index is 12.3. The van der Waals surface area contributed by atoms with Gasteiger partial charge in [0.25, 0.3) is 0 Å². The molecule has 1 amide bonds. The molecule has 6 heteroatoms. The van der Waals surface area contributed by atoms with Crippen molar-refractivity contribution in [2.75, 3.05) is 7.05 Å². The second-order valence-electron chi connectivity index (χ2n) is 7.55. The van der Waals surface area contributed by atoms with Gasteiger partial charge in [0, 0.05) is 12.1 Å². The van der Waals surface area contributed by atoms with Crippen LogP contribution in [0.15, 0.2) is 35.2 Å². The van der Waals surface area contributed by atoms with Gasteiger partial charge < -0.3 is 5.32 Å². The summed E-state index contributed by atoms with van der Waals surface area (Å²) in [6.45, 7) is 6.68. The van der Waals surface area contributed by atoms with E-state index < -0.39 is 10.0 Å². The number of amides is 1. The molecule has 3 atom stereocenters. The zero-order chi connectivity index (χ0) is 19.3. The number of rotatable bonds is 6. The van der Waals surface area contributed by atoms with Gasteiger partial charge in [-0.05, 0) is 61.4 Å². The zero-order valence-electron chi connectivity index (χ0n) is 16.0. The standard InChI is InChI=1S/C20H30N2O3S/c1-14(2)18-11-5-15(3)13-19(18)22-20(23)12-8-16-6-9-17(10-7-16)26(24,25)21-4/h6-10,12,14-15,18-19,21H,5,11,13H2,1-4H3,(H,22,23). The van der Waals surface area contributed by atoms with E-state index in [1.165, 1.54) is 31.7 Å². The van der Waals surface area contributed by atoms with E-state index in [0.29, 0.717) is 17.8 Å². The molecule has 1 aliphatic carbocycles. The van der Waals surface area contributed by atoms with Gasteiger partial charge in [-0.3, -0.25) is 4.79 Å². The maximum Gasteiger partial charge on any atom is 0.244 e. The fourth-order valence-electron chi connectivity index (χ4n) is 3.65. The number of hydrogen-bond donors (Lipinski definition) is 2. The van der Waals surface area contributed by atoms with Gasteiger partial charge in [-0.15, -0.1) is 0 Å². The van der Waals surface area contributed by atoms with E-state index in [1.807, 2.05) is 0 Å². The van der Waals surface area contributed by atoms with E-state index in [9.17, 15) is 13.2 Å². The van der Waals surface area contributed by atoms with Gasteiger partial charge in [-0.25, -0.2) is 13.1 Å². The Balaban J connectivity index is 2.00. The minimum Gasteiger partial charge on any atom is -0.350 e. The van der Waals surface area contributed by atoms with Gasteiger partial charge in [-0.1, -0.05) is 39.3 Å². The van der Waals surface area contributed by atoms with Crippen molar-refractivity contribution in [1.82, 2.24) is 10.0 Å². The number of nitrogens with one attached hydrogen (secondary N) is 2. The minimum absolute atomic E-state index is 0.0957. The number of benzene rings is 1. The highest BCUT2D eigenvalue weighted by atomic mass is 32.2. The summed E-state index contributed by atoms with van der Waals surface area (Å²) in [5.74, 6) is 1.62. The Morgan fingerprint density at radius 1 is 1.19 bits per heavy atom. The molecule has 5 nitrogen and oxygen atoms in total. The van der Waals surface area contributed by atoms with Crippen molar-refractivity contribution in [3.8, 4) is 0 Å².